The lowest BCUT2D eigenvalue weighted by Gasteiger charge is -2.42. The van der Waals surface area contributed by atoms with E-state index in [0.717, 1.165) is 36.4 Å². The van der Waals surface area contributed by atoms with Crippen LogP contribution in [0.15, 0.2) is 36.4 Å². The van der Waals surface area contributed by atoms with Crippen molar-refractivity contribution >= 4 is 34.8 Å². The van der Waals surface area contributed by atoms with Crippen LogP contribution in [0.5, 0.6) is 11.5 Å². The zero-order chi connectivity index (χ0) is 17.6. The van der Waals surface area contributed by atoms with E-state index in [2.05, 4.69) is 16.3 Å². The predicted octanol–water partition coefficient (Wildman–Crippen LogP) is 4.95. The largest absolute Gasteiger partial charge is 0.455 e. The molecular formula is C19H18Cl2N2O2. The van der Waals surface area contributed by atoms with Gasteiger partial charge in [0.2, 0.25) is 5.91 Å². The topological polar surface area (TPSA) is 41.6 Å². The van der Waals surface area contributed by atoms with Crippen LogP contribution in [0.3, 0.4) is 0 Å². The fourth-order valence-corrected chi connectivity index (χ4v) is 4.27. The van der Waals surface area contributed by atoms with Gasteiger partial charge in [-0.1, -0.05) is 41.4 Å². The lowest BCUT2D eigenvalue weighted by molar-refractivity contribution is -0.119. The molecule has 130 valence electrons. The van der Waals surface area contributed by atoms with Gasteiger partial charge in [0.05, 0.1) is 22.1 Å². The summed E-state index contributed by atoms with van der Waals surface area (Å²) >= 11 is 12.8. The second-order valence-electron chi connectivity index (χ2n) is 6.44. The highest BCUT2D eigenvalue weighted by molar-refractivity contribution is 6.44. The third-order valence-corrected chi connectivity index (χ3v) is 5.59. The molecule has 4 nitrogen and oxygen atoms in total. The van der Waals surface area contributed by atoms with Crippen LogP contribution in [-0.4, -0.2) is 18.5 Å². The Balaban J connectivity index is 1.92. The molecule has 2 aromatic rings. The maximum atomic E-state index is 11.7. The Morgan fingerprint density at radius 1 is 1.20 bits per heavy atom. The van der Waals surface area contributed by atoms with Crippen molar-refractivity contribution in [1.82, 2.24) is 5.32 Å². The Morgan fingerprint density at radius 2 is 2.00 bits per heavy atom. The van der Waals surface area contributed by atoms with Crippen molar-refractivity contribution in [3.8, 4) is 11.5 Å². The molecule has 1 amide bonds. The minimum absolute atomic E-state index is 0.0167. The Kier molecular flexibility index (Phi) is 4.26. The van der Waals surface area contributed by atoms with E-state index in [-0.39, 0.29) is 18.0 Å². The number of piperidine rings is 1. The summed E-state index contributed by atoms with van der Waals surface area (Å²) in [4.78, 5) is 14.0. The first kappa shape index (κ1) is 16.6. The summed E-state index contributed by atoms with van der Waals surface area (Å²) in [5, 5.41) is 4.08. The van der Waals surface area contributed by atoms with Gasteiger partial charge in [-0.15, -0.1) is 0 Å². The van der Waals surface area contributed by atoms with E-state index < -0.39 is 0 Å². The van der Waals surface area contributed by atoms with Gasteiger partial charge in [0.15, 0.2) is 5.75 Å². The molecule has 0 spiro atoms. The van der Waals surface area contributed by atoms with Gasteiger partial charge in [-0.3, -0.25) is 4.79 Å². The van der Waals surface area contributed by atoms with Crippen LogP contribution in [0.2, 0.25) is 10.0 Å². The number of hydrogen-bond donors (Lipinski definition) is 1. The van der Waals surface area contributed by atoms with Crippen molar-refractivity contribution in [1.29, 1.82) is 0 Å². The van der Waals surface area contributed by atoms with Gasteiger partial charge in [-0.25, -0.2) is 0 Å². The van der Waals surface area contributed by atoms with Crippen LogP contribution >= 0.6 is 23.2 Å². The van der Waals surface area contributed by atoms with Gasteiger partial charge in [-0.05, 0) is 31.0 Å². The molecule has 4 rings (SSSR count). The van der Waals surface area contributed by atoms with Crippen molar-refractivity contribution in [2.45, 2.75) is 31.8 Å². The Labute approximate surface area is 156 Å². The highest BCUT2D eigenvalue weighted by atomic mass is 35.5. The number of nitrogens with one attached hydrogen (secondary N) is 1. The van der Waals surface area contributed by atoms with Gasteiger partial charge < -0.3 is 15.0 Å². The number of amides is 1. The number of nitrogens with zero attached hydrogens (tertiary/aromatic N) is 1. The molecule has 2 aromatic carbocycles. The van der Waals surface area contributed by atoms with Crippen LogP contribution in [0.25, 0.3) is 0 Å². The van der Waals surface area contributed by atoms with Gasteiger partial charge >= 0.3 is 0 Å². The van der Waals surface area contributed by atoms with Crippen LogP contribution in [0.4, 0.5) is 5.69 Å². The predicted molar refractivity (Wildman–Crippen MR) is 99.9 cm³/mol. The summed E-state index contributed by atoms with van der Waals surface area (Å²) in [7, 11) is 0. The monoisotopic (exact) mass is 376 g/mol. The first-order chi connectivity index (χ1) is 12.1. The number of para-hydroxylation sites is 1. The van der Waals surface area contributed by atoms with E-state index in [4.69, 9.17) is 27.9 Å². The number of benzene rings is 2. The molecule has 1 saturated heterocycles. The molecule has 2 aliphatic rings. The number of hydrogen-bond acceptors (Lipinski definition) is 3. The van der Waals surface area contributed by atoms with E-state index in [1.807, 2.05) is 24.3 Å². The fraction of sp³-hybridized carbons (Fsp3) is 0.316. The second-order valence-corrected chi connectivity index (χ2v) is 7.22. The highest BCUT2D eigenvalue weighted by Gasteiger charge is 2.39. The van der Waals surface area contributed by atoms with Crippen molar-refractivity contribution in [3.63, 3.8) is 0 Å². The molecule has 6 heteroatoms. The zero-order valence-electron chi connectivity index (χ0n) is 13.8. The molecule has 0 saturated carbocycles. The molecule has 2 heterocycles. The number of carbonyl (C=O) groups is 1. The Morgan fingerprint density at radius 3 is 2.80 bits per heavy atom. The number of fused-ring (bicyclic) bond motifs is 5. The van der Waals surface area contributed by atoms with Crippen molar-refractivity contribution in [2.24, 2.45) is 0 Å². The van der Waals surface area contributed by atoms with E-state index in [9.17, 15) is 4.79 Å². The SMILES string of the molecule is CC(=O)NC1CCCN2c3c(ccc(Cl)c3Cl)Oc3ccccc3C12. The number of ether oxygens (including phenoxy) is 1. The molecule has 2 aliphatic heterocycles. The first-order valence-electron chi connectivity index (χ1n) is 8.35. The molecule has 0 radical (unpaired) electrons. The Hall–Kier alpha value is -1.91. The van der Waals surface area contributed by atoms with Crippen LogP contribution in [0.1, 0.15) is 31.4 Å². The lowest BCUT2D eigenvalue weighted by Crippen LogP contribution is -2.49. The fourth-order valence-electron chi connectivity index (χ4n) is 3.85. The lowest BCUT2D eigenvalue weighted by atomic mass is 9.89. The van der Waals surface area contributed by atoms with Gasteiger partial charge in [-0.2, -0.15) is 0 Å². The minimum Gasteiger partial charge on any atom is -0.455 e. The number of rotatable bonds is 1. The molecule has 2 atom stereocenters. The molecule has 0 aliphatic carbocycles. The number of halogens is 2. The van der Waals surface area contributed by atoms with Gasteiger partial charge in [0.25, 0.3) is 0 Å². The summed E-state index contributed by atoms with van der Waals surface area (Å²) in [6.07, 6.45) is 1.86. The third kappa shape index (κ3) is 2.83. The number of anilines is 1. The summed E-state index contributed by atoms with van der Waals surface area (Å²) in [5.74, 6) is 1.44. The average Bonchev–Trinajstić information content (AvgIpc) is 2.73. The van der Waals surface area contributed by atoms with E-state index in [1.54, 1.807) is 13.0 Å². The second kappa shape index (κ2) is 6.43. The first-order valence-corrected chi connectivity index (χ1v) is 9.10. The quantitative estimate of drug-likeness (QED) is 0.765. The molecule has 1 fully saturated rings. The zero-order valence-corrected chi connectivity index (χ0v) is 15.3. The molecular weight excluding hydrogens is 359 g/mol. The maximum Gasteiger partial charge on any atom is 0.217 e. The van der Waals surface area contributed by atoms with E-state index >= 15 is 0 Å². The smallest absolute Gasteiger partial charge is 0.217 e. The van der Waals surface area contributed by atoms with Crippen molar-refractivity contribution < 1.29 is 9.53 Å². The summed E-state index contributed by atoms with van der Waals surface area (Å²) in [5.41, 5.74) is 1.84. The standard InChI is InChI=1S/C19H18Cl2N2O2/c1-11(24)22-14-6-4-10-23-18(14)12-5-2-3-7-15(12)25-16-9-8-13(20)17(21)19(16)23/h2-3,5,7-9,14,18H,4,6,10H2,1H3,(H,22,24). The Bertz CT molecular complexity index is 840. The summed E-state index contributed by atoms with van der Waals surface area (Å²) in [6, 6.07) is 11.5. The third-order valence-electron chi connectivity index (χ3n) is 4.80. The van der Waals surface area contributed by atoms with Crippen molar-refractivity contribution in [3.05, 3.63) is 52.0 Å². The van der Waals surface area contributed by atoms with Gasteiger partial charge in [0, 0.05) is 19.0 Å². The van der Waals surface area contributed by atoms with Crippen LogP contribution in [0, 0.1) is 0 Å². The normalized spacial score (nSPS) is 21.3. The maximum absolute atomic E-state index is 11.7. The van der Waals surface area contributed by atoms with E-state index in [1.165, 1.54) is 0 Å². The highest BCUT2D eigenvalue weighted by Crippen LogP contribution is 2.51. The number of carbonyl (C=O) groups excluding carboxylic acids is 1. The van der Waals surface area contributed by atoms with Crippen LogP contribution < -0.4 is 15.0 Å². The van der Waals surface area contributed by atoms with Crippen LogP contribution in [-0.2, 0) is 4.79 Å². The van der Waals surface area contributed by atoms with Gasteiger partial charge in [0.1, 0.15) is 11.4 Å². The average molecular weight is 377 g/mol. The molecule has 1 N–H and O–H groups in total. The summed E-state index contributed by atoms with van der Waals surface area (Å²) < 4.78 is 6.19. The van der Waals surface area contributed by atoms with E-state index in [0.29, 0.717) is 15.8 Å². The molecule has 25 heavy (non-hydrogen) atoms. The molecule has 0 bridgehead atoms. The molecule has 0 aromatic heterocycles. The summed E-state index contributed by atoms with van der Waals surface area (Å²) in [6.45, 7) is 2.38. The minimum atomic E-state index is -0.0499. The molecule has 2 unspecified atom stereocenters. The van der Waals surface area contributed by atoms with Crippen molar-refractivity contribution in [2.75, 3.05) is 11.4 Å².